The standard InChI is InChI=1S/C4H6F3O4P/c5-3-4(6,7)11-12(8)9-1-2-10-12/h1-3H2. The van der Waals surface area contributed by atoms with Gasteiger partial charge in [0.05, 0.1) is 13.2 Å². The average Bonchev–Trinajstić information content (AvgIpc) is 2.35. The van der Waals surface area contributed by atoms with Gasteiger partial charge in [-0.3, -0.25) is 9.05 Å². The third kappa shape index (κ3) is 2.45. The molecule has 4 nitrogen and oxygen atoms in total. The van der Waals surface area contributed by atoms with E-state index in [9.17, 15) is 17.7 Å². The van der Waals surface area contributed by atoms with Crippen molar-refractivity contribution in [3.8, 4) is 0 Å². The lowest BCUT2D eigenvalue weighted by molar-refractivity contribution is -0.196. The lowest BCUT2D eigenvalue weighted by Gasteiger charge is -2.15. The van der Waals surface area contributed by atoms with Gasteiger partial charge in [-0.15, -0.1) is 0 Å². The molecule has 0 aromatic carbocycles. The van der Waals surface area contributed by atoms with E-state index >= 15 is 0 Å². The number of alkyl halides is 3. The summed E-state index contributed by atoms with van der Waals surface area (Å²) in [5, 5.41) is 0. The zero-order valence-electron chi connectivity index (χ0n) is 5.84. The molecule has 0 unspecified atom stereocenters. The van der Waals surface area contributed by atoms with Gasteiger partial charge in [0.2, 0.25) is 0 Å². The highest BCUT2D eigenvalue weighted by Gasteiger charge is 2.44. The molecule has 0 amide bonds. The van der Waals surface area contributed by atoms with Gasteiger partial charge in [0.1, 0.15) is 0 Å². The Kier molecular flexibility index (Phi) is 2.77. The Labute approximate surface area is 66.2 Å². The van der Waals surface area contributed by atoms with Crippen LogP contribution in [0.3, 0.4) is 0 Å². The maximum atomic E-state index is 12.1. The molecule has 0 N–H and O–H groups in total. The topological polar surface area (TPSA) is 44.8 Å². The van der Waals surface area contributed by atoms with Crippen molar-refractivity contribution in [2.45, 2.75) is 6.11 Å². The number of phosphoric acid groups is 1. The van der Waals surface area contributed by atoms with Gasteiger partial charge >= 0.3 is 13.9 Å². The quantitative estimate of drug-likeness (QED) is 0.659. The summed E-state index contributed by atoms with van der Waals surface area (Å²) in [4.78, 5) is 0. The molecule has 8 heteroatoms. The summed E-state index contributed by atoms with van der Waals surface area (Å²) < 4.78 is 58.6. The fraction of sp³-hybridized carbons (Fsp3) is 1.00. The normalized spacial score (nSPS) is 22.9. The molecule has 1 heterocycles. The van der Waals surface area contributed by atoms with Crippen molar-refractivity contribution in [1.82, 2.24) is 0 Å². The summed E-state index contributed by atoms with van der Waals surface area (Å²) in [7, 11) is -4.20. The number of phosphoric ester groups is 1. The fourth-order valence-corrected chi connectivity index (χ4v) is 1.73. The smallest absolute Gasteiger partial charge is 0.284 e. The Morgan fingerprint density at radius 2 is 1.92 bits per heavy atom. The first-order chi connectivity index (χ1) is 5.47. The summed E-state index contributed by atoms with van der Waals surface area (Å²) >= 11 is 0. The molecule has 0 aliphatic carbocycles. The fourth-order valence-electron chi connectivity index (χ4n) is 0.576. The molecule has 1 saturated heterocycles. The van der Waals surface area contributed by atoms with Crippen molar-refractivity contribution < 1.29 is 31.3 Å². The SMILES string of the molecule is O=P1(OC(F)(F)CF)OCCO1. The first-order valence-corrected chi connectivity index (χ1v) is 4.47. The molecule has 0 radical (unpaired) electrons. The largest absolute Gasteiger partial charge is 0.479 e. The van der Waals surface area contributed by atoms with Crippen LogP contribution in [-0.4, -0.2) is 26.0 Å². The van der Waals surface area contributed by atoms with Crippen molar-refractivity contribution in [2.75, 3.05) is 19.9 Å². The van der Waals surface area contributed by atoms with Crippen molar-refractivity contribution in [2.24, 2.45) is 0 Å². The van der Waals surface area contributed by atoms with E-state index in [0.29, 0.717) is 0 Å². The van der Waals surface area contributed by atoms with Crippen LogP contribution in [0.2, 0.25) is 0 Å². The van der Waals surface area contributed by atoms with Crippen LogP contribution < -0.4 is 0 Å². The first-order valence-electron chi connectivity index (χ1n) is 3.01. The van der Waals surface area contributed by atoms with Gasteiger partial charge in [0.25, 0.3) is 0 Å². The van der Waals surface area contributed by atoms with Crippen LogP contribution in [0.1, 0.15) is 0 Å². The molecule has 0 atom stereocenters. The van der Waals surface area contributed by atoms with E-state index in [-0.39, 0.29) is 13.2 Å². The van der Waals surface area contributed by atoms with Crippen LogP contribution in [0.5, 0.6) is 0 Å². The molecule has 0 saturated carbocycles. The van der Waals surface area contributed by atoms with E-state index < -0.39 is 20.6 Å². The van der Waals surface area contributed by atoms with Crippen LogP contribution in [0.15, 0.2) is 0 Å². The van der Waals surface area contributed by atoms with Crippen molar-refractivity contribution in [3.05, 3.63) is 0 Å². The van der Waals surface area contributed by atoms with Crippen molar-refractivity contribution in [1.29, 1.82) is 0 Å². The third-order valence-electron chi connectivity index (χ3n) is 0.983. The second kappa shape index (κ2) is 3.33. The summed E-state index contributed by atoms with van der Waals surface area (Å²) in [6.07, 6.45) is -4.11. The number of halogens is 3. The van der Waals surface area contributed by atoms with Crippen LogP contribution in [0.4, 0.5) is 13.2 Å². The molecule has 0 aromatic heterocycles. The van der Waals surface area contributed by atoms with Crippen LogP contribution in [0.25, 0.3) is 0 Å². The van der Waals surface area contributed by atoms with Gasteiger partial charge in [-0.25, -0.2) is 13.5 Å². The molecular formula is C4H6F3O4P. The van der Waals surface area contributed by atoms with E-state index in [0.717, 1.165) is 0 Å². The van der Waals surface area contributed by atoms with Crippen LogP contribution in [-0.2, 0) is 18.1 Å². The molecule has 0 spiro atoms. The molecular weight excluding hydrogens is 200 g/mol. The number of rotatable bonds is 3. The molecule has 1 rings (SSSR count). The van der Waals surface area contributed by atoms with Gasteiger partial charge in [0, 0.05) is 0 Å². The monoisotopic (exact) mass is 206 g/mol. The molecule has 72 valence electrons. The van der Waals surface area contributed by atoms with Gasteiger partial charge in [0.15, 0.2) is 6.67 Å². The van der Waals surface area contributed by atoms with Gasteiger partial charge in [-0.1, -0.05) is 0 Å². The average molecular weight is 206 g/mol. The predicted molar refractivity (Wildman–Crippen MR) is 31.5 cm³/mol. The van der Waals surface area contributed by atoms with E-state index in [1.54, 1.807) is 0 Å². The van der Waals surface area contributed by atoms with Crippen LogP contribution in [0, 0.1) is 0 Å². The second-order valence-corrected chi connectivity index (χ2v) is 3.57. The highest BCUT2D eigenvalue weighted by molar-refractivity contribution is 7.48. The Morgan fingerprint density at radius 3 is 2.33 bits per heavy atom. The Bertz CT molecular complexity index is 198. The number of hydrogen-bond donors (Lipinski definition) is 0. The molecule has 1 aliphatic rings. The highest BCUT2D eigenvalue weighted by Crippen LogP contribution is 2.56. The highest BCUT2D eigenvalue weighted by atomic mass is 31.2. The first kappa shape index (κ1) is 9.98. The maximum Gasteiger partial charge on any atom is 0.479 e. The zero-order valence-corrected chi connectivity index (χ0v) is 6.73. The summed E-state index contributed by atoms with van der Waals surface area (Å²) in [5.74, 6) is 0. The lowest BCUT2D eigenvalue weighted by Crippen LogP contribution is -2.21. The van der Waals surface area contributed by atoms with Gasteiger partial charge in [-0.05, 0) is 0 Å². The summed E-state index contributed by atoms with van der Waals surface area (Å²) in [5.41, 5.74) is 0. The van der Waals surface area contributed by atoms with E-state index in [1.807, 2.05) is 0 Å². The van der Waals surface area contributed by atoms with Crippen molar-refractivity contribution >= 4 is 7.82 Å². The zero-order chi connectivity index (χ0) is 9.24. The Hall–Kier alpha value is -0.100. The van der Waals surface area contributed by atoms with E-state index in [2.05, 4.69) is 13.6 Å². The minimum absolute atomic E-state index is 0.0976. The number of hydrogen-bond acceptors (Lipinski definition) is 4. The maximum absolute atomic E-state index is 12.1. The van der Waals surface area contributed by atoms with E-state index in [4.69, 9.17) is 0 Å². The molecule has 1 fully saturated rings. The lowest BCUT2D eigenvalue weighted by atomic mass is 10.7. The third-order valence-corrected chi connectivity index (χ3v) is 2.47. The summed E-state index contributed by atoms with van der Waals surface area (Å²) in [6.45, 7) is -2.26. The minimum Gasteiger partial charge on any atom is -0.284 e. The van der Waals surface area contributed by atoms with Crippen LogP contribution >= 0.6 is 7.82 Å². The molecule has 1 aliphatic heterocycles. The second-order valence-electron chi connectivity index (χ2n) is 1.98. The molecule has 0 aromatic rings. The minimum atomic E-state index is -4.20. The molecule has 12 heavy (non-hydrogen) atoms. The summed E-state index contributed by atoms with van der Waals surface area (Å²) in [6, 6.07) is 0. The van der Waals surface area contributed by atoms with Gasteiger partial charge < -0.3 is 0 Å². The molecule has 0 bridgehead atoms. The van der Waals surface area contributed by atoms with E-state index in [1.165, 1.54) is 0 Å². The van der Waals surface area contributed by atoms with Crippen molar-refractivity contribution in [3.63, 3.8) is 0 Å². The Morgan fingerprint density at radius 1 is 1.42 bits per heavy atom. The predicted octanol–water partition coefficient (Wildman–Crippen LogP) is 1.72. The Balaban J connectivity index is 2.55. The van der Waals surface area contributed by atoms with Gasteiger partial charge in [-0.2, -0.15) is 8.78 Å².